The molecule has 0 amide bonds. The summed E-state index contributed by atoms with van der Waals surface area (Å²) in [6.07, 6.45) is 3.99. The van der Waals surface area contributed by atoms with E-state index < -0.39 is 0 Å². The van der Waals surface area contributed by atoms with Crippen molar-refractivity contribution in [2.24, 2.45) is 4.99 Å². The van der Waals surface area contributed by atoms with Gasteiger partial charge in [0.15, 0.2) is 0 Å². The third kappa shape index (κ3) is 3.41. The van der Waals surface area contributed by atoms with E-state index in [1.165, 1.54) is 5.54 Å². The van der Waals surface area contributed by atoms with Crippen LogP contribution in [0.15, 0.2) is 34.8 Å². The molecular formula is C13H13Cl3N2. The second-order valence-electron chi connectivity index (χ2n) is 4.04. The first-order chi connectivity index (χ1) is 8.70. The van der Waals surface area contributed by atoms with Gasteiger partial charge in [0.2, 0.25) is 0 Å². The second kappa shape index (κ2) is 6.46. The van der Waals surface area contributed by atoms with Crippen molar-refractivity contribution < 1.29 is 0 Å². The summed E-state index contributed by atoms with van der Waals surface area (Å²) in [5.41, 5.74) is 2.29. The van der Waals surface area contributed by atoms with Gasteiger partial charge in [0.1, 0.15) is 5.84 Å². The van der Waals surface area contributed by atoms with Gasteiger partial charge in [-0.05, 0) is 24.6 Å². The van der Waals surface area contributed by atoms with Crippen LogP contribution in [0.25, 0.3) is 0 Å². The lowest BCUT2D eigenvalue weighted by molar-refractivity contribution is 0.502. The predicted molar refractivity (Wildman–Crippen MR) is 79.4 cm³/mol. The third-order valence-corrected chi connectivity index (χ3v) is 3.48. The summed E-state index contributed by atoms with van der Waals surface area (Å²) in [5.74, 6) is 1.05. The van der Waals surface area contributed by atoms with E-state index >= 15 is 0 Å². The topological polar surface area (TPSA) is 15.6 Å². The number of amidine groups is 1. The number of halogens is 3. The molecule has 1 fully saturated rings. The van der Waals surface area contributed by atoms with E-state index in [-0.39, 0.29) is 0 Å². The van der Waals surface area contributed by atoms with Gasteiger partial charge in [-0.2, -0.15) is 0 Å². The molecule has 0 saturated carbocycles. The van der Waals surface area contributed by atoms with Crippen LogP contribution in [0.4, 0.5) is 5.69 Å². The van der Waals surface area contributed by atoms with Gasteiger partial charge in [-0.15, -0.1) is 0 Å². The fourth-order valence-electron chi connectivity index (χ4n) is 1.92. The zero-order valence-electron chi connectivity index (χ0n) is 9.74. The number of aliphatic imine (C=N–C) groups is 1. The average Bonchev–Trinajstić information content (AvgIpc) is 2.77. The maximum Gasteiger partial charge on any atom is 0.105 e. The highest BCUT2D eigenvalue weighted by atomic mass is 35.5. The first-order valence-electron chi connectivity index (χ1n) is 5.73. The zero-order valence-corrected chi connectivity index (χ0v) is 12.0. The monoisotopic (exact) mass is 302 g/mol. The molecule has 0 spiro atoms. The molecule has 1 aliphatic heterocycles. The Morgan fingerprint density at radius 2 is 2.17 bits per heavy atom. The highest BCUT2D eigenvalue weighted by Crippen LogP contribution is 2.29. The third-order valence-electron chi connectivity index (χ3n) is 2.77. The van der Waals surface area contributed by atoms with Crippen LogP contribution in [0.3, 0.4) is 0 Å². The van der Waals surface area contributed by atoms with E-state index in [0.717, 1.165) is 37.5 Å². The summed E-state index contributed by atoms with van der Waals surface area (Å²) in [7, 11) is 0. The van der Waals surface area contributed by atoms with Crippen molar-refractivity contribution >= 4 is 46.3 Å². The van der Waals surface area contributed by atoms with Crippen LogP contribution in [0.1, 0.15) is 12.8 Å². The molecule has 1 saturated heterocycles. The molecule has 1 aliphatic rings. The molecule has 96 valence electrons. The normalized spacial score (nSPS) is 18.2. The minimum atomic E-state index is 0.578. The van der Waals surface area contributed by atoms with E-state index in [2.05, 4.69) is 9.89 Å². The number of benzene rings is 1. The van der Waals surface area contributed by atoms with Crippen molar-refractivity contribution in [3.63, 3.8) is 0 Å². The Bertz CT molecular complexity index is 483. The summed E-state index contributed by atoms with van der Waals surface area (Å²) in [4.78, 5) is 6.81. The highest BCUT2D eigenvalue weighted by molar-refractivity contribution is 6.36. The summed E-state index contributed by atoms with van der Waals surface area (Å²) in [6.45, 7) is 1.79. The quantitative estimate of drug-likeness (QED) is 0.777. The Morgan fingerprint density at radius 3 is 2.89 bits per heavy atom. The first kappa shape index (κ1) is 13.7. The average molecular weight is 304 g/mol. The molecule has 5 heteroatoms. The lowest BCUT2D eigenvalue weighted by Gasteiger charge is -2.16. The van der Waals surface area contributed by atoms with Crippen molar-refractivity contribution in [2.75, 3.05) is 13.1 Å². The minimum Gasteiger partial charge on any atom is -0.356 e. The van der Waals surface area contributed by atoms with E-state index in [1.54, 1.807) is 12.1 Å². The Hall–Kier alpha value is -0.700. The van der Waals surface area contributed by atoms with E-state index in [0.29, 0.717) is 10.0 Å². The molecule has 1 aromatic carbocycles. The van der Waals surface area contributed by atoms with Crippen LogP contribution in [-0.2, 0) is 0 Å². The van der Waals surface area contributed by atoms with Gasteiger partial charge in [0.05, 0.1) is 10.7 Å². The number of likely N-dealkylation sites (tertiary alicyclic amines) is 1. The molecule has 0 aromatic heterocycles. The van der Waals surface area contributed by atoms with Crippen molar-refractivity contribution in [3.8, 4) is 0 Å². The number of hydrogen-bond acceptors (Lipinski definition) is 1. The number of rotatable bonds is 3. The van der Waals surface area contributed by atoms with Gasteiger partial charge in [-0.3, -0.25) is 0 Å². The summed E-state index contributed by atoms with van der Waals surface area (Å²) >= 11 is 17.5. The molecule has 0 atom stereocenters. The smallest absolute Gasteiger partial charge is 0.105 e. The number of nitrogens with zero attached hydrogens (tertiary/aromatic N) is 2. The van der Waals surface area contributed by atoms with Gasteiger partial charge in [-0.1, -0.05) is 40.9 Å². The molecular weight excluding hydrogens is 291 g/mol. The van der Waals surface area contributed by atoms with E-state index in [4.69, 9.17) is 34.8 Å². The van der Waals surface area contributed by atoms with E-state index in [9.17, 15) is 0 Å². The Morgan fingerprint density at radius 1 is 1.33 bits per heavy atom. The molecule has 18 heavy (non-hydrogen) atoms. The van der Waals surface area contributed by atoms with Crippen LogP contribution < -0.4 is 0 Å². The van der Waals surface area contributed by atoms with Gasteiger partial charge >= 0.3 is 0 Å². The fraction of sp³-hybridized carbons (Fsp3) is 0.308. The van der Waals surface area contributed by atoms with Crippen LogP contribution in [0.5, 0.6) is 0 Å². The SMILES string of the molecule is Cl/C=C/CN1CCCC1=Nc1ccc(Cl)cc1Cl. The van der Waals surface area contributed by atoms with Crippen LogP contribution in [-0.4, -0.2) is 23.8 Å². The Kier molecular flexibility index (Phi) is 4.93. The van der Waals surface area contributed by atoms with E-state index in [1.807, 2.05) is 12.1 Å². The molecule has 0 bridgehead atoms. The molecule has 1 aromatic rings. The second-order valence-corrected chi connectivity index (χ2v) is 5.13. The van der Waals surface area contributed by atoms with Crippen LogP contribution in [0.2, 0.25) is 10.0 Å². The van der Waals surface area contributed by atoms with Gasteiger partial charge in [-0.25, -0.2) is 4.99 Å². The molecule has 0 unspecified atom stereocenters. The van der Waals surface area contributed by atoms with Crippen molar-refractivity contribution in [3.05, 3.63) is 39.9 Å². The fourth-order valence-corrected chi connectivity index (χ4v) is 2.45. The maximum atomic E-state index is 6.11. The molecule has 2 rings (SSSR count). The number of hydrogen-bond donors (Lipinski definition) is 0. The predicted octanol–water partition coefficient (Wildman–Crippen LogP) is 4.87. The molecule has 2 nitrogen and oxygen atoms in total. The van der Waals surface area contributed by atoms with Gasteiger partial charge < -0.3 is 4.90 Å². The first-order valence-corrected chi connectivity index (χ1v) is 6.92. The lowest BCUT2D eigenvalue weighted by atomic mass is 10.3. The Labute approximate surface area is 122 Å². The molecule has 1 heterocycles. The van der Waals surface area contributed by atoms with Gasteiger partial charge in [0, 0.05) is 30.1 Å². The minimum absolute atomic E-state index is 0.578. The van der Waals surface area contributed by atoms with Crippen molar-refractivity contribution in [1.82, 2.24) is 4.90 Å². The maximum absolute atomic E-state index is 6.11. The summed E-state index contributed by atoms with van der Waals surface area (Å²) in [5, 5.41) is 1.20. The van der Waals surface area contributed by atoms with Crippen molar-refractivity contribution in [1.29, 1.82) is 0 Å². The summed E-state index contributed by atoms with van der Waals surface area (Å²) in [6, 6.07) is 5.34. The van der Waals surface area contributed by atoms with Crippen molar-refractivity contribution in [2.45, 2.75) is 12.8 Å². The lowest BCUT2D eigenvalue weighted by Crippen LogP contribution is -2.24. The molecule has 0 radical (unpaired) electrons. The van der Waals surface area contributed by atoms with Crippen LogP contribution in [0, 0.1) is 0 Å². The van der Waals surface area contributed by atoms with Crippen LogP contribution >= 0.6 is 34.8 Å². The standard InChI is InChI=1S/C13H13Cl3N2/c14-6-2-8-18-7-1-3-13(18)17-12-5-4-10(15)9-11(12)16/h2,4-6,9H,1,3,7-8H2/b6-2+,17-13?. The molecule has 0 aliphatic carbocycles. The highest BCUT2D eigenvalue weighted by Gasteiger charge is 2.17. The summed E-state index contributed by atoms with van der Waals surface area (Å²) < 4.78 is 0. The zero-order chi connectivity index (χ0) is 13.0. The van der Waals surface area contributed by atoms with Gasteiger partial charge in [0.25, 0.3) is 0 Å². The Balaban J connectivity index is 2.20. The molecule has 0 N–H and O–H groups in total. The largest absolute Gasteiger partial charge is 0.356 e.